The van der Waals surface area contributed by atoms with Crippen molar-refractivity contribution in [2.24, 2.45) is 17.8 Å². The summed E-state index contributed by atoms with van der Waals surface area (Å²) in [5.74, 6) is 3.19. The first-order chi connectivity index (χ1) is 6.83. The highest BCUT2D eigenvalue weighted by molar-refractivity contribution is 5.02. The molecule has 0 saturated heterocycles. The average Bonchev–Trinajstić information content (AvgIpc) is 2.84. The van der Waals surface area contributed by atoms with Gasteiger partial charge in [0.15, 0.2) is 0 Å². The first-order valence-electron chi connectivity index (χ1n) is 6.59. The molecular weight excluding hydrogens is 170 g/mol. The van der Waals surface area contributed by atoms with Crippen LogP contribution >= 0.6 is 0 Å². The molecule has 0 heterocycles. The summed E-state index contributed by atoms with van der Waals surface area (Å²) in [7, 11) is 0. The van der Waals surface area contributed by atoms with Crippen molar-refractivity contribution in [1.82, 2.24) is 5.32 Å². The standard InChI is InChI=1S/C13H23N/c1-9-3-2-4-11(7-9)14-13-6-5-10-8-12(10)13/h9-14H,2-8H2,1H3/t9?,10-,11?,12+,13?/m1/s1. The lowest BCUT2D eigenvalue weighted by molar-refractivity contribution is 0.272. The van der Waals surface area contributed by atoms with Crippen LogP contribution in [0.25, 0.3) is 0 Å². The molecule has 3 saturated carbocycles. The van der Waals surface area contributed by atoms with Crippen molar-refractivity contribution in [3.05, 3.63) is 0 Å². The summed E-state index contributed by atoms with van der Waals surface area (Å²) in [5, 5.41) is 3.94. The van der Waals surface area contributed by atoms with E-state index in [0.29, 0.717) is 0 Å². The average molecular weight is 193 g/mol. The largest absolute Gasteiger partial charge is 0.311 e. The normalized spacial score (nSPS) is 51.6. The van der Waals surface area contributed by atoms with E-state index in [0.717, 1.165) is 29.8 Å². The Kier molecular flexibility index (Phi) is 2.31. The molecule has 0 aromatic carbocycles. The predicted molar refractivity (Wildman–Crippen MR) is 59.2 cm³/mol. The molecule has 0 aliphatic heterocycles. The van der Waals surface area contributed by atoms with Gasteiger partial charge in [0.1, 0.15) is 0 Å². The minimum Gasteiger partial charge on any atom is -0.311 e. The van der Waals surface area contributed by atoms with Crippen molar-refractivity contribution in [2.45, 2.75) is 64.0 Å². The molecule has 1 heteroatoms. The number of nitrogens with one attached hydrogen (secondary N) is 1. The number of fused-ring (bicyclic) bond motifs is 1. The number of hydrogen-bond donors (Lipinski definition) is 1. The highest BCUT2D eigenvalue weighted by atomic mass is 15.0. The zero-order valence-electron chi connectivity index (χ0n) is 9.34. The number of hydrogen-bond acceptors (Lipinski definition) is 1. The Balaban J connectivity index is 1.51. The second-order valence-corrected chi connectivity index (χ2v) is 5.98. The fourth-order valence-corrected chi connectivity index (χ4v) is 3.80. The van der Waals surface area contributed by atoms with Gasteiger partial charge in [0.2, 0.25) is 0 Å². The van der Waals surface area contributed by atoms with Gasteiger partial charge in [-0.2, -0.15) is 0 Å². The fourth-order valence-electron chi connectivity index (χ4n) is 3.80. The maximum absolute atomic E-state index is 3.94. The lowest BCUT2D eigenvalue weighted by Gasteiger charge is -2.30. The molecule has 3 rings (SSSR count). The molecule has 14 heavy (non-hydrogen) atoms. The molecule has 0 amide bonds. The minimum atomic E-state index is 0.864. The zero-order valence-corrected chi connectivity index (χ0v) is 9.34. The van der Waals surface area contributed by atoms with E-state index in [-0.39, 0.29) is 0 Å². The van der Waals surface area contributed by atoms with E-state index in [1.165, 1.54) is 38.5 Å². The third-order valence-electron chi connectivity index (χ3n) is 4.73. The first kappa shape index (κ1) is 9.21. The summed E-state index contributed by atoms with van der Waals surface area (Å²) in [5.41, 5.74) is 0. The van der Waals surface area contributed by atoms with Crippen LogP contribution in [0.3, 0.4) is 0 Å². The minimum absolute atomic E-state index is 0.864. The molecule has 1 nitrogen and oxygen atoms in total. The molecule has 0 bridgehead atoms. The van der Waals surface area contributed by atoms with Gasteiger partial charge in [-0.25, -0.2) is 0 Å². The van der Waals surface area contributed by atoms with E-state index in [4.69, 9.17) is 0 Å². The Morgan fingerprint density at radius 3 is 2.57 bits per heavy atom. The Bertz CT molecular complexity index is 213. The molecule has 0 aromatic rings. The third kappa shape index (κ3) is 1.71. The SMILES string of the molecule is CC1CCCC(NC2CC[C@@H]3C[C@H]23)C1. The van der Waals surface area contributed by atoms with Crippen LogP contribution in [0.2, 0.25) is 0 Å². The monoisotopic (exact) mass is 193 g/mol. The van der Waals surface area contributed by atoms with Crippen LogP contribution in [0.15, 0.2) is 0 Å². The van der Waals surface area contributed by atoms with Gasteiger partial charge in [0, 0.05) is 12.1 Å². The summed E-state index contributed by atoms with van der Waals surface area (Å²) in [6, 6.07) is 1.78. The molecule has 1 N–H and O–H groups in total. The van der Waals surface area contributed by atoms with Crippen LogP contribution < -0.4 is 5.32 Å². The first-order valence-corrected chi connectivity index (χ1v) is 6.59. The molecule has 0 radical (unpaired) electrons. The predicted octanol–water partition coefficient (Wildman–Crippen LogP) is 2.95. The smallest absolute Gasteiger partial charge is 0.0101 e. The van der Waals surface area contributed by atoms with Gasteiger partial charge in [0.25, 0.3) is 0 Å². The molecular formula is C13H23N. The van der Waals surface area contributed by atoms with Gasteiger partial charge in [-0.1, -0.05) is 19.8 Å². The fraction of sp³-hybridized carbons (Fsp3) is 1.00. The van der Waals surface area contributed by atoms with E-state index >= 15 is 0 Å². The summed E-state index contributed by atoms with van der Waals surface area (Å²) >= 11 is 0. The lowest BCUT2D eigenvalue weighted by Crippen LogP contribution is -2.41. The molecule has 3 unspecified atom stereocenters. The second kappa shape index (κ2) is 3.52. The van der Waals surface area contributed by atoms with E-state index < -0.39 is 0 Å². The quantitative estimate of drug-likeness (QED) is 0.711. The molecule has 3 aliphatic carbocycles. The van der Waals surface area contributed by atoms with Crippen molar-refractivity contribution >= 4 is 0 Å². The van der Waals surface area contributed by atoms with E-state index in [9.17, 15) is 0 Å². The van der Waals surface area contributed by atoms with Gasteiger partial charge >= 0.3 is 0 Å². The molecule has 0 spiro atoms. The van der Waals surface area contributed by atoms with Gasteiger partial charge in [0.05, 0.1) is 0 Å². The maximum Gasteiger partial charge on any atom is 0.0101 e. The Morgan fingerprint density at radius 1 is 1.00 bits per heavy atom. The van der Waals surface area contributed by atoms with Gasteiger partial charge in [-0.15, -0.1) is 0 Å². The van der Waals surface area contributed by atoms with Crippen LogP contribution in [-0.4, -0.2) is 12.1 Å². The maximum atomic E-state index is 3.94. The van der Waals surface area contributed by atoms with Crippen LogP contribution in [-0.2, 0) is 0 Å². The summed E-state index contributed by atoms with van der Waals surface area (Å²) in [4.78, 5) is 0. The van der Waals surface area contributed by atoms with Gasteiger partial charge in [-0.05, 0) is 49.9 Å². The van der Waals surface area contributed by atoms with Gasteiger partial charge < -0.3 is 5.32 Å². The highest BCUT2D eigenvalue weighted by Gasteiger charge is 2.48. The van der Waals surface area contributed by atoms with Gasteiger partial charge in [-0.3, -0.25) is 0 Å². The van der Waals surface area contributed by atoms with Crippen LogP contribution in [0.1, 0.15) is 51.9 Å². The van der Waals surface area contributed by atoms with Crippen molar-refractivity contribution < 1.29 is 0 Å². The van der Waals surface area contributed by atoms with Crippen LogP contribution in [0.4, 0.5) is 0 Å². The Morgan fingerprint density at radius 2 is 1.93 bits per heavy atom. The summed E-state index contributed by atoms with van der Waals surface area (Å²) < 4.78 is 0. The lowest BCUT2D eigenvalue weighted by atomic mass is 9.86. The Labute approximate surface area is 87.7 Å². The van der Waals surface area contributed by atoms with E-state index in [1.54, 1.807) is 6.42 Å². The summed E-state index contributed by atoms with van der Waals surface area (Å²) in [6.45, 7) is 2.42. The van der Waals surface area contributed by atoms with E-state index in [2.05, 4.69) is 12.2 Å². The van der Waals surface area contributed by atoms with Crippen LogP contribution in [0, 0.1) is 17.8 Å². The topological polar surface area (TPSA) is 12.0 Å². The van der Waals surface area contributed by atoms with Crippen molar-refractivity contribution in [2.75, 3.05) is 0 Å². The van der Waals surface area contributed by atoms with Crippen LogP contribution in [0.5, 0.6) is 0 Å². The van der Waals surface area contributed by atoms with Crippen molar-refractivity contribution in [3.8, 4) is 0 Å². The van der Waals surface area contributed by atoms with Crippen molar-refractivity contribution in [1.29, 1.82) is 0 Å². The third-order valence-corrected chi connectivity index (χ3v) is 4.73. The Hall–Kier alpha value is -0.0400. The van der Waals surface area contributed by atoms with E-state index in [1.807, 2.05) is 0 Å². The molecule has 3 fully saturated rings. The molecule has 80 valence electrons. The summed E-state index contributed by atoms with van der Waals surface area (Å²) in [6.07, 6.45) is 10.3. The zero-order chi connectivity index (χ0) is 9.54. The molecule has 3 aliphatic rings. The second-order valence-electron chi connectivity index (χ2n) is 5.98. The highest BCUT2D eigenvalue weighted by Crippen LogP contribution is 2.52. The van der Waals surface area contributed by atoms with Crippen molar-refractivity contribution in [3.63, 3.8) is 0 Å². The number of rotatable bonds is 2. The molecule has 0 aromatic heterocycles. The molecule has 5 atom stereocenters.